The van der Waals surface area contributed by atoms with E-state index in [0.717, 1.165) is 69.3 Å². The standard InChI is InChI=1S/C24H34N4O2/c1-18-8-7-13-28(16-18)23(30)20-9-10-21(19(2)14-20)26-15-22(29)27-24(17-25)11-5-3-4-6-12-24/h9-10,14,18,26H,3-8,11-13,15-16H2,1-2H3,(H,27,29). The molecule has 1 aromatic rings. The Bertz CT molecular complexity index is 806. The summed E-state index contributed by atoms with van der Waals surface area (Å²) >= 11 is 0. The number of nitriles is 1. The van der Waals surface area contributed by atoms with E-state index < -0.39 is 5.54 Å². The first-order valence-electron chi connectivity index (χ1n) is 11.3. The van der Waals surface area contributed by atoms with Gasteiger partial charge in [-0.25, -0.2) is 0 Å². The number of benzene rings is 1. The summed E-state index contributed by atoms with van der Waals surface area (Å²) in [6.45, 7) is 5.88. The van der Waals surface area contributed by atoms with E-state index in [2.05, 4.69) is 23.6 Å². The lowest BCUT2D eigenvalue weighted by molar-refractivity contribution is -0.120. The normalized spacial score (nSPS) is 21.2. The quantitative estimate of drug-likeness (QED) is 0.718. The highest BCUT2D eigenvalue weighted by Gasteiger charge is 2.32. The topological polar surface area (TPSA) is 85.2 Å². The zero-order valence-electron chi connectivity index (χ0n) is 18.3. The smallest absolute Gasteiger partial charge is 0.253 e. The number of likely N-dealkylation sites (tertiary alicyclic amines) is 1. The van der Waals surface area contributed by atoms with Gasteiger partial charge in [-0.1, -0.05) is 32.6 Å². The molecule has 30 heavy (non-hydrogen) atoms. The molecule has 0 bridgehead atoms. The van der Waals surface area contributed by atoms with E-state index in [0.29, 0.717) is 11.5 Å². The molecule has 2 fully saturated rings. The number of anilines is 1. The first kappa shape index (κ1) is 22.1. The van der Waals surface area contributed by atoms with Crippen LogP contribution in [0.5, 0.6) is 0 Å². The van der Waals surface area contributed by atoms with E-state index in [1.165, 1.54) is 6.42 Å². The fourth-order valence-electron chi connectivity index (χ4n) is 4.63. The van der Waals surface area contributed by atoms with Gasteiger partial charge in [0.15, 0.2) is 0 Å². The summed E-state index contributed by atoms with van der Waals surface area (Å²) in [5, 5.41) is 15.8. The lowest BCUT2D eigenvalue weighted by atomic mass is 9.92. The number of carbonyl (C=O) groups is 2. The minimum absolute atomic E-state index is 0.0817. The molecule has 6 nitrogen and oxygen atoms in total. The number of nitrogens with zero attached hydrogens (tertiary/aromatic N) is 2. The van der Waals surface area contributed by atoms with Crippen LogP contribution in [0.25, 0.3) is 0 Å². The SMILES string of the molecule is Cc1cc(C(=O)N2CCCC(C)C2)ccc1NCC(=O)NC1(C#N)CCCCCC1. The molecule has 3 rings (SSSR count). The second kappa shape index (κ2) is 9.97. The Balaban J connectivity index is 1.57. The van der Waals surface area contributed by atoms with Gasteiger partial charge >= 0.3 is 0 Å². The molecule has 1 aromatic carbocycles. The predicted octanol–water partition coefficient (Wildman–Crippen LogP) is 4.01. The van der Waals surface area contributed by atoms with Crippen LogP contribution in [0.3, 0.4) is 0 Å². The van der Waals surface area contributed by atoms with Crippen molar-refractivity contribution >= 4 is 17.5 Å². The Morgan fingerprint density at radius 3 is 2.57 bits per heavy atom. The maximum absolute atomic E-state index is 12.8. The van der Waals surface area contributed by atoms with Crippen LogP contribution in [0.1, 0.15) is 74.2 Å². The molecule has 1 unspecified atom stereocenters. The monoisotopic (exact) mass is 410 g/mol. The summed E-state index contributed by atoms with van der Waals surface area (Å²) in [6.07, 6.45) is 7.89. The third-order valence-corrected chi connectivity index (χ3v) is 6.41. The van der Waals surface area contributed by atoms with Crippen molar-refractivity contribution in [1.29, 1.82) is 5.26 Å². The number of amides is 2. The Morgan fingerprint density at radius 1 is 1.20 bits per heavy atom. The highest BCUT2D eigenvalue weighted by Crippen LogP contribution is 2.26. The number of piperidine rings is 1. The molecule has 1 aliphatic heterocycles. The Kier molecular flexibility index (Phi) is 7.36. The van der Waals surface area contributed by atoms with Crippen molar-refractivity contribution < 1.29 is 9.59 Å². The molecule has 162 valence electrons. The molecule has 1 heterocycles. The second-order valence-corrected chi connectivity index (χ2v) is 9.04. The number of nitrogens with one attached hydrogen (secondary N) is 2. The van der Waals surface area contributed by atoms with E-state index in [1.54, 1.807) is 0 Å². The van der Waals surface area contributed by atoms with Crippen LogP contribution < -0.4 is 10.6 Å². The van der Waals surface area contributed by atoms with E-state index >= 15 is 0 Å². The molecule has 1 saturated heterocycles. The zero-order chi connectivity index (χ0) is 21.6. The van der Waals surface area contributed by atoms with E-state index in [4.69, 9.17) is 0 Å². The van der Waals surface area contributed by atoms with E-state index in [9.17, 15) is 14.9 Å². The molecule has 2 N–H and O–H groups in total. The van der Waals surface area contributed by atoms with Crippen LogP contribution in [0, 0.1) is 24.2 Å². The van der Waals surface area contributed by atoms with Gasteiger partial charge in [-0.15, -0.1) is 0 Å². The molecular formula is C24H34N4O2. The summed E-state index contributed by atoms with van der Waals surface area (Å²) in [6, 6.07) is 7.94. The lowest BCUT2D eigenvalue weighted by Gasteiger charge is -2.31. The second-order valence-electron chi connectivity index (χ2n) is 9.04. The predicted molar refractivity (Wildman–Crippen MR) is 118 cm³/mol. The van der Waals surface area contributed by atoms with Crippen LogP contribution >= 0.6 is 0 Å². The zero-order valence-corrected chi connectivity index (χ0v) is 18.3. The average molecular weight is 411 g/mol. The molecule has 0 spiro atoms. The van der Waals surface area contributed by atoms with Crippen molar-refractivity contribution in [2.75, 3.05) is 25.0 Å². The molecule has 0 aromatic heterocycles. The van der Waals surface area contributed by atoms with Crippen molar-refractivity contribution in [2.45, 2.75) is 70.8 Å². The first-order valence-corrected chi connectivity index (χ1v) is 11.3. The molecule has 0 radical (unpaired) electrons. The molecule has 1 saturated carbocycles. The largest absolute Gasteiger partial charge is 0.376 e. The third-order valence-electron chi connectivity index (χ3n) is 6.41. The van der Waals surface area contributed by atoms with Crippen molar-refractivity contribution in [2.24, 2.45) is 5.92 Å². The Hall–Kier alpha value is -2.55. The lowest BCUT2D eigenvalue weighted by Crippen LogP contribution is -2.49. The number of hydrogen-bond donors (Lipinski definition) is 2. The van der Waals surface area contributed by atoms with Crippen molar-refractivity contribution in [3.8, 4) is 6.07 Å². The maximum Gasteiger partial charge on any atom is 0.253 e. The molecule has 2 amide bonds. The molecule has 6 heteroatoms. The number of carbonyl (C=O) groups excluding carboxylic acids is 2. The van der Waals surface area contributed by atoms with Crippen molar-refractivity contribution in [3.05, 3.63) is 29.3 Å². The molecule has 1 aliphatic carbocycles. The van der Waals surface area contributed by atoms with Crippen LogP contribution in [0.2, 0.25) is 0 Å². The van der Waals surface area contributed by atoms with Gasteiger partial charge < -0.3 is 15.5 Å². The fraction of sp³-hybridized carbons (Fsp3) is 0.625. The summed E-state index contributed by atoms with van der Waals surface area (Å²) < 4.78 is 0. The third kappa shape index (κ3) is 5.53. The van der Waals surface area contributed by atoms with E-state index in [-0.39, 0.29) is 18.4 Å². The number of aryl methyl sites for hydroxylation is 1. The van der Waals surface area contributed by atoms with Gasteiger partial charge in [-0.3, -0.25) is 9.59 Å². The van der Waals surface area contributed by atoms with Gasteiger partial charge in [0.1, 0.15) is 5.54 Å². The summed E-state index contributed by atoms with van der Waals surface area (Å²) in [5.74, 6) is 0.465. The average Bonchev–Trinajstić information content (AvgIpc) is 2.98. The maximum atomic E-state index is 12.8. The summed E-state index contributed by atoms with van der Waals surface area (Å²) in [4.78, 5) is 27.2. The Labute approximate surface area is 180 Å². The van der Waals surface area contributed by atoms with Gasteiger partial charge in [0.05, 0.1) is 12.6 Å². The summed E-state index contributed by atoms with van der Waals surface area (Å²) in [7, 11) is 0. The van der Waals surface area contributed by atoms with Crippen molar-refractivity contribution in [1.82, 2.24) is 10.2 Å². The first-order chi connectivity index (χ1) is 14.4. The Morgan fingerprint density at radius 2 is 1.93 bits per heavy atom. The van der Waals surface area contributed by atoms with Crippen LogP contribution in [0.15, 0.2) is 18.2 Å². The number of hydrogen-bond acceptors (Lipinski definition) is 4. The minimum atomic E-state index is -0.730. The van der Waals surface area contributed by atoms with Gasteiger partial charge in [0.2, 0.25) is 5.91 Å². The van der Waals surface area contributed by atoms with Crippen molar-refractivity contribution in [3.63, 3.8) is 0 Å². The van der Waals surface area contributed by atoms with E-state index in [1.807, 2.05) is 30.0 Å². The highest BCUT2D eigenvalue weighted by molar-refractivity contribution is 5.95. The summed E-state index contributed by atoms with van der Waals surface area (Å²) in [5.41, 5.74) is 1.73. The van der Waals surface area contributed by atoms with Crippen LogP contribution in [-0.2, 0) is 4.79 Å². The molecule has 2 aliphatic rings. The van der Waals surface area contributed by atoms with Crippen LogP contribution in [-0.4, -0.2) is 41.9 Å². The van der Waals surface area contributed by atoms with Gasteiger partial charge in [-0.05, 0) is 62.3 Å². The number of rotatable bonds is 5. The fourth-order valence-corrected chi connectivity index (χ4v) is 4.63. The van der Waals surface area contributed by atoms with Gasteiger partial charge in [-0.2, -0.15) is 5.26 Å². The van der Waals surface area contributed by atoms with Crippen LogP contribution in [0.4, 0.5) is 5.69 Å². The van der Waals surface area contributed by atoms with Gasteiger partial charge in [0.25, 0.3) is 5.91 Å². The van der Waals surface area contributed by atoms with Gasteiger partial charge in [0, 0.05) is 24.3 Å². The molecule has 1 atom stereocenters. The molecular weight excluding hydrogens is 376 g/mol. The minimum Gasteiger partial charge on any atom is -0.376 e. The highest BCUT2D eigenvalue weighted by atomic mass is 16.2.